The van der Waals surface area contributed by atoms with Crippen LogP contribution in [0.2, 0.25) is 0 Å². The first-order chi connectivity index (χ1) is 27.5. The lowest BCUT2D eigenvalue weighted by Gasteiger charge is -2.12. The maximum absolute atomic E-state index is 6.65. The Morgan fingerprint density at radius 2 is 0.964 bits per heavy atom. The van der Waals surface area contributed by atoms with Crippen LogP contribution in [0.25, 0.3) is 11.4 Å². The number of fused-ring (bicyclic) bond motifs is 7. The Kier molecular flexibility index (Phi) is 11.1. The van der Waals surface area contributed by atoms with E-state index in [9.17, 15) is 0 Å². The van der Waals surface area contributed by atoms with Crippen molar-refractivity contribution in [3.8, 4) is 34.6 Å². The molecule has 2 bridgehead atoms. The number of hydrogen-bond acceptors (Lipinski definition) is 12. The number of benzene rings is 3. The normalized spacial score (nSPS) is 14.7. The van der Waals surface area contributed by atoms with E-state index < -0.39 is 0 Å². The molecule has 0 saturated heterocycles. The van der Waals surface area contributed by atoms with Gasteiger partial charge in [-0.2, -0.15) is 39.1 Å². The van der Waals surface area contributed by atoms with Gasteiger partial charge in [-0.25, -0.2) is 0 Å². The number of aromatic nitrogens is 10. The largest absolute Gasteiger partial charge is 0.438 e. The monoisotopic (exact) mass is 784 g/mol. The summed E-state index contributed by atoms with van der Waals surface area (Å²) in [6.45, 7) is 7.99. The van der Waals surface area contributed by atoms with Crippen LogP contribution in [-0.2, 0) is 12.8 Å². The van der Waals surface area contributed by atoms with Gasteiger partial charge < -0.3 is 9.47 Å². The maximum atomic E-state index is 6.65. The summed E-state index contributed by atoms with van der Waals surface area (Å²) in [5, 5.41) is 38.9. The number of aryl methyl sites for hydroxylation is 4. The molecule has 7 aromatic rings. The molecule has 2 aliphatic heterocycles. The summed E-state index contributed by atoms with van der Waals surface area (Å²) in [7, 11) is 0. The molecule has 9 rings (SSSR count). The minimum absolute atomic E-state index is 0.523. The highest BCUT2D eigenvalue weighted by Crippen LogP contribution is 2.34. The standard InChI is InChI=1S/C40H40N12O2S2/c1-5-35-43-45-39-51(35)41-25-33-27(3)47-49(29-15-9-7-10-16-29)37(33)53-31-19-21-32(22-20-31)54-38-34(28(4)48-50(38)30-17-11-8-12-18-30)26-42-52-36(6-2)44-46-40(52)56-24-14-13-23-55-39/h7-12,15-22,25-26H,5-6,13-14,23-24H2,1-4H3/b41-25+,42-26+. The summed E-state index contributed by atoms with van der Waals surface area (Å²) in [6, 6.07) is 27.3. The Hall–Kier alpha value is -6.00. The highest BCUT2D eigenvalue weighted by Gasteiger charge is 2.22. The molecule has 6 heterocycles. The third-order valence-corrected chi connectivity index (χ3v) is 11.0. The molecule has 3 aromatic carbocycles. The van der Waals surface area contributed by atoms with E-state index in [0.29, 0.717) is 36.1 Å². The molecule has 0 unspecified atom stereocenters. The van der Waals surface area contributed by atoms with Crippen molar-refractivity contribution in [2.24, 2.45) is 10.2 Å². The molecular formula is C40H40N12O2S2. The number of nitrogens with zero attached hydrogens (tertiary/aromatic N) is 12. The quantitative estimate of drug-likeness (QED) is 0.171. The van der Waals surface area contributed by atoms with Crippen molar-refractivity contribution in [3.63, 3.8) is 0 Å². The van der Waals surface area contributed by atoms with Gasteiger partial charge in [0.15, 0.2) is 11.6 Å². The average Bonchev–Trinajstić information content (AvgIpc) is 3.98. The fraction of sp³-hybridized carbons (Fsp3) is 0.250. The predicted octanol–water partition coefficient (Wildman–Crippen LogP) is 8.31. The SMILES string of the molecule is CCc1nnc2n1/N=C/c1c(C)nn(-c3ccccc3)c1Oc1ccc(cc1)Oc1c(c(C)nn1-c1ccccc1)/C=N/n1c(CC)nnc1SCCCCS2. The zero-order chi connectivity index (χ0) is 38.4. The van der Waals surface area contributed by atoms with Crippen LogP contribution in [0, 0.1) is 13.8 Å². The third kappa shape index (κ3) is 7.75. The highest BCUT2D eigenvalue weighted by molar-refractivity contribution is 7.99. The van der Waals surface area contributed by atoms with Gasteiger partial charge in [-0.1, -0.05) is 73.8 Å². The van der Waals surface area contributed by atoms with Gasteiger partial charge in [0.2, 0.25) is 22.1 Å². The van der Waals surface area contributed by atoms with E-state index in [2.05, 4.69) is 20.4 Å². The van der Waals surface area contributed by atoms with E-state index in [-0.39, 0.29) is 0 Å². The molecule has 284 valence electrons. The molecule has 2 aliphatic rings. The van der Waals surface area contributed by atoms with Crippen molar-refractivity contribution in [1.29, 1.82) is 0 Å². The topological polar surface area (TPSA) is 140 Å². The van der Waals surface area contributed by atoms with Crippen molar-refractivity contribution in [2.45, 2.75) is 63.7 Å². The molecule has 0 fully saturated rings. The lowest BCUT2D eigenvalue weighted by atomic mass is 10.2. The summed E-state index contributed by atoms with van der Waals surface area (Å²) < 4.78 is 20.5. The van der Waals surface area contributed by atoms with Crippen LogP contribution in [-0.4, -0.2) is 73.2 Å². The minimum Gasteiger partial charge on any atom is -0.438 e. The second-order valence-corrected chi connectivity index (χ2v) is 14.9. The Morgan fingerprint density at radius 3 is 1.36 bits per heavy atom. The first kappa shape index (κ1) is 36.9. The van der Waals surface area contributed by atoms with Crippen molar-refractivity contribution in [3.05, 3.63) is 119 Å². The van der Waals surface area contributed by atoms with Gasteiger partial charge in [0.1, 0.15) is 11.5 Å². The van der Waals surface area contributed by atoms with Gasteiger partial charge in [0, 0.05) is 24.3 Å². The molecule has 0 aliphatic carbocycles. The molecule has 0 amide bonds. The number of para-hydroxylation sites is 2. The first-order valence-electron chi connectivity index (χ1n) is 18.5. The van der Waals surface area contributed by atoms with Gasteiger partial charge in [-0.05, 0) is 75.2 Å². The predicted molar refractivity (Wildman–Crippen MR) is 219 cm³/mol. The van der Waals surface area contributed by atoms with Gasteiger partial charge >= 0.3 is 0 Å². The maximum Gasteiger partial charge on any atom is 0.231 e. The Bertz CT molecular complexity index is 2310. The fourth-order valence-corrected chi connectivity index (χ4v) is 7.83. The summed E-state index contributed by atoms with van der Waals surface area (Å²) >= 11 is 3.28. The number of ether oxygens (including phenoxy) is 2. The average molecular weight is 785 g/mol. The van der Waals surface area contributed by atoms with E-state index in [1.807, 2.05) is 122 Å². The second kappa shape index (κ2) is 16.8. The lowest BCUT2D eigenvalue weighted by molar-refractivity contribution is 0.432. The highest BCUT2D eigenvalue weighted by atomic mass is 32.2. The Balaban J connectivity index is 1.22. The molecule has 0 atom stereocenters. The van der Waals surface area contributed by atoms with Crippen LogP contribution in [0.5, 0.6) is 23.3 Å². The van der Waals surface area contributed by atoms with Crippen LogP contribution in [0.3, 0.4) is 0 Å². The van der Waals surface area contributed by atoms with Gasteiger partial charge in [0.25, 0.3) is 0 Å². The molecule has 0 radical (unpaired) electrons. The van der Waals surface area contributed by atoms with Crippen LogP contribution in [0.1, 0.15) is 60.9 Å². The molecule has 16 heteroatoms. The number of hydrogen-bond donors (Lipinski definition) is 0. The van der Waals surface area contributed by atoms with Crippen molar-refractivity contribution < 1.29 is 9.47 Å². The Morgan fingerprint density at radius 1 is 0.554 bits per heavy atom. The fourth-order valence-electron chi connectivity index (χ4n) is 6.02. The molecule has 0 spiro atoms. The summed E-state index contributed by atoms with van der Waals surface area (Å²) in [5.74, 6) is 5.47. The molecule has 56 heavy (non-hydrogen) atoms. The van der Waals surface area contributed by atoms with Crippen LogP contribution >= 0.6 is 23.5 Å². The van der Waals surface area contributed by atoms with Crippen LogP contribution in [0.15, 0.2) is 105 Å². The van der Waals surface area contributed by atoms with E-state index in [1.54, 1.807) is 45.3 Å². The molecule has 4 aromatic heterocycles. The molecule has 14 nitrogen and oxygen atoms in total. The lowest BCUT2D eigenvalue weighted by Crippen LogP contribution is -2.03. The smallest absolute Gasteiger partial charge is 0.231 e. The second-order valence-electron chi connectivity index (χ2n) is 12.8. The van der Waals surface area contributed by atoms with Crippen molar-refractivity contribution in [1.82, 2.24) is 49.3 Å². The van der Waals surface area contributed by atoms with Crippen LogP contribution < -0.4 is 9.47 Å². The van der Waals surface area contributed by atoms with E-state index in [0.717, 1.165) is 80.2 Å². The Labute approximate surface area is 332 Å². The molecular weight excluding hydrogens is 745 g/mol. The first-order valence-corrected chi connectivity index (χ1v) is 20.5. The zero-order valence-electron chi connectivity index (χ0n) is 31.5. The minimum atomic E-state index is 0.523. The van der Waals surface area contributed by atoms with E-state index in [4.69, 9.17) is 29.9 Å². The molecule has 0 saturated carbocycles. The van der Waals surface area contributed by atoms with Crippen molar-refractivity contribution >= 4 is 36.0 Å². The molecule has 0 N–H and O–H groups in total. The summed E-state index contributed by atoms with van der Waals surface area (Å²) in [6.07, 6.45) is 6.85. The summed E-state index contributed by atoms with van der Waals surface area (Å²) in [5.41, 5.74) is 4.69. The van der Waals surface area contributed by atoms with Gasteiger partial charge in [-0.15, -0.1) is 20.4 Å². The van der Waals surface area contributed by atoms with Gasteiger partial charge in [-0.3, -0.25) is 0 Å². The van der Waals surface area contributed by atoms with E-state index >= 15 is 0 Å². The van der Waals surface area contributed by atoms with Crippen LogP contribution in [0.4, 0.5) is 0 Å². The number of rotatable bonds is 4. The third-order valence-electron chi connectivity index (χ3n) is 8.97. The van der Waals surface area contributed by atoms with Crippen molar-refractivity contribution in [2.75, 3.05) is 11.5 Å². The van der Waals surface area contributed by atoms with Gasteiger partial charge in [0.05, 0.1) is 46.3 Å². The number of thioether (sulfide) groups is 2. The zero-order valence-corrected chi connectivity index (χ0v) is 33.1. The van der Waals surface area contributed by atoms with E-state index in [1.165, 1.54) is 0 Å². The summed E-state index contributed by atoms with van der Waals surface area (Å²) in [4.78, 5) is 0.